The molecule has 30 heavy (non-hydrogen) atoms. The van der Waals surface area contributed by atoms with Gasteiger partial charge in [0.1, 0.15) is 0 Å². The number of anilines is 1. The Morgan fingerprint density at radius 1 is 1.33 bits per heavy atom. The number of allylic oxidation sites excluding steroid dienone is 1. The number of aromatic hydroxyl groups is 1. The maximum atomic E-state index is 12.7. The Bertz CT molecular complexity index is 1270. The highest BCUT2D eigenvalue weighted by atomic mass is 16.5. The number of hydrogen-bond acceptors (Lipinski definition) is 7. The smallest absolute Gasteiger partial charge is 0.332 e. The second-order valence-corrected chi connectivity index (χ2v) is 6.89. The first-order valence-electron chi connectivity index (χ1n) is 9.30. The Morgan fingerprint density at radius 2 is 2.07 bits per heavy atom. The number of phenolic OH excluding ortho intramolecular Hbond substituents is 1. The molecule has 10 heteroatoms. The van der Waals surface area contributed by atoms with Gasteiger partial charge >= 0.3 is 5.69 Å². The molecule has 3 rings (SSSR count). The van der Waals surface area contributed by atoms with Crippen LogP contribution in [0.25, 0.3) is 11.2 Å². The predicted octanol–water partition coefficient (Wildman–Crippen LogP) is 1.56. The van der Waals surface area contributed by atoms with Crippen molar-refractivity contribution in [1.29, 1.82) is 0 Å². The van der Waals surface area contributed by atoms with Crippen LogP contribution < -0.4 is 21.4 Å². The quantitative estimate of drug-likeness (QED) is 0.346. The summed E-state index contributed by atoms with van der Waals surface area (Å²) in [4.78, 5) is 29.3. The molecule has 0 aliphatic carbocycles. The summed E-state index contributed by atoms with van der Waals surface area (Å²) in [5.74, 6) is 0.697. The molecule has 2 aromatic heterocycles. The van der Waals surface area contributed by atoms with Gasteiger partial charge in [0.05, 0.1) is 12.8 Å². The van der Waals surface area contributed by atoms with Gasteiger partial charge in [-0.15, -0.1) is 0 Å². The topological polar surface area (TPSA) is 116 Å². The number of hydrazone groups is 1. The lowest BCUT2D eigenvalue weighted by molar-refractivity contribution is 0.318. The molecule has 3 aromatic rings. The molecule has 0 unspecified atom stereocenters. The van der Waals surface area contributed by atoms with Crippen LogP contribution >= 0.6 is 0 Å². The summed E-state index contributed by atoms with van der Waals surface area (Å²) >= 11 is 0. The molecule has 0 saturated carbocycles. The number of benzene rings is 1. The third-order valence-corrected chi connectivity index (χ3v) is 4.44. The highest BCUT2D eigenvalue weighted by Gasteiger charge is 2.18. The number of aryl methyl sites for hydroxylation is 1. The SMILES string of the molecule is C=C(C)Cn1c(N/N=C\c2ccc(O)c(OCC)c2)nc2c1c(=O)n(C)c(=O)n2C. The van der Waals surface area contributed by atoms with Crippen LogP contribution in [0.1, 0.15) is 19.4 Å². The number of ether oxygens (including phenoxy) is 1. The highest BCUT2D eigenvalue weighted by molar-refractivity contribution is 5.81. The van der Waals surface area contributed by atoms with Gasteiger partial charge in [0.2, 0.25) is 5.95 Å². The first-order valence-corrected chi connectivity index (χ1v) is 9.30. The second kappa shape index (κ2) is 8.27. The van der Waals surface area contributed by atoms with Crippen LogP contribution in [0.4, 0.5) is 5.95 Å². The fourth-order valence-electron chi connectivity index (χ4n) is 3.00. The number of rotatable bonds is 7. The van der Waals surface area contributed by atoms with Gasteiger partial charge in [-0.25, -0.2) is 10.2 Å². The van der Waals surface area contributed by atoms with Crippen LogP contribution in [0.2, 0.25) is 0 Å². The first-order chi connectivity index (χ1) is 14.2. The summed E-state index contributed by atoms with van der Waals surface area (Å²) in [7, 11) is 2.98. The van der Waals surface area contributed by atoms with E-state index in [-0.39, 0.29) is 16.9 Å². The Balaban J connectivity index is 2.03. The molecule has 0 radical (unpaired) electrons. The van der Waals surface area contributed by atoms with Crippen molar-refractivity contribution in [3.05, 3.63) is 56.8 Å². The number of hydrogen-bond donors (Lipinski definition) is 2. The van der Waals surface area contributed by atoms with Crippen LogP contribution in [-0.2, 0) is 20.6 Å². The molecule has 2 heterocycles. The van der Waals surface area contributed by atoms with E-state index in [1.807, 2.05) is 13.8 Å². The number of fused-ring (bicyclic) bond motifs is 1. The number of aromatic nitrogens is 4. The van der Waals surface area contributed by atoms with Crippen molar-refractivity contribution in [2.75, 3.05) is 12.0 Å². The fraction of sp³-hybridized carbons (Fsp3) is 0.300. The molecule has 1 aromatic carbocycles. The van der Waals surface area contributed by atoms with Crippen LogP contribution in [0.5, 0.6) is 11.5 Å². The zero-order valence-electron chi connectivity index (χ0n) is 17.3. The summed E-state index contributed by atoms with van der Waals surface area (Å²) in [5.41, 5.74) is 3.95. The normalized spacial score (nSPS) is 11.3. The van der Waals surface area contributed by atoms with Gasteiger partial charge < -0.3 is 9.84 Å². The molecule has 2 N–H and O–H groups in total. The summed E-state index contributed by atoms with van der Waals surface area (Å²) < 4.78 is 9.36. The molecule has 0 atom stereocenters. The minimum absolute atomic E-state index is 0.0435. The average Bonchev–Trinajstić information content (AvgIpc) is 3.05. The summed E-state index contributed by atoms with van der Waals surface area (Å²) in [6.45, 7) is 8.31. The van der Waals surface area contributed by atoms with Crippen molar-refractivity contribution >= 4 is 23.3 Å². The Kier molecular flexibility index (Phi) is 5.77. The molecular formula is C20H24N6O4. The largest absolute Gasteiger partial charge is 0.504 e. The van der Waals surface area contributed by atoms with Crippen molar-refractivity contribution in [2.24, 2.45) is 19.2 Å². The van der Waals surface area contributed by atoms with Crippen LogP contribution in [0.15, 0.2) is 45.0 Å². The van der Waals surface area contributed by atoms with Gasteiger partial charge in [0.25, 0.3) is 5.56 Å². The Hall–Kier alpha value is -3.82. The lowest BCUT2D eigenvalue weighted by Crippen LogP contribution is -2.37. The van der Waals surface area contributed by atoms with Gasteiger partial charge in [-0.1, -0.05) is 12.2 Å². The van der Waals surface area contributed by atoms with E-state index in [4.69, 9.17) is 4.74 Å². The molecule has 0 aliphatic heterocycles. The first kappa shape index (κ1) is 20.9. The van der Waals surface area contributed by atoms with E-state index in [0.29, 0.717) is 30.4 Å². The molecule has 0 amide bonds. The Labute approximate surface area is 172 Å². The number of nitrogens with one attached hydrogen (secondary N) is 1. The third-order valence-electron chi connectivity index (χ3n) is 4.44. The van der Waals surface area contributed by atoms with Gasteiger partial charge in [0, 0.05) is 20.6 Å². The van der Waals surface area contributed by atoms with E-state index >= 15 is 0 Å². The lowest BCUT2D eigenvalue weighted by Gasteiger charge is -2.09. The minimum atomic E-state index is -0.463. The number of nitrogens with zero attached hydrogens (tertiary/aromatic N) is 5. The number of phenols is 1. The average molecular weight is 412 g/mol. The number of imidazole rings is 1. The monoisotopic (exact) mass is 412 g/mol. The van der Waals surface area contributed by atoms with E-state index in [9.17, 15) is 14.7 Å². The van der Waals surface area contributed by atoms with Crippen LogP contribution in [0, 0.1) is 0 Å². The van der Waals surface area contributed by atoms with Crippen LogP contribution in [-0.4, -0.2) is 36.6 Å². The second-order valence-electron chi connectivity index (χ2n) is 6.89. The van der Waals surface area contributed by atoms with E-state index in [2.05, 4.69) is 22.1 Å². The maximum absolute atomic E-state index is 12.7. The molecule has 158 valence electrons. The third kappa shape index (κ3) is 3.84. The lowest BCUT2D eigenvalue weighted by atomic mass is 10.2. The van der Waals surface area contributed by atoms with Gasteiger partial charge in [-0.3, -0.25) is 18.5 Å². The van der Waals surface area contributed by atoms with Crippen molar-refractivity contribution in [3.63, 3.8) is 0 Å². The van der Waals surface area contributed by atoms with Crippen molar-refractivity contribution in [3.8, 4) is 11.5 Å². The van der Waals surface area contributed by atoms with Gasteiger partial charge in [0.15, 0.2) is 22.7 Å². The molecule has 0 spiro atoms. The predicted molar refractivity (Wildman–Crippen MR) is 116 cm³/mol. The van der Waals surface area contributed by atoms with E-state index < -0.39 is 11.2 Å². The maximum Gasteiger partial charge on any atom is 0.332 e. The molecular weight excluding hydrogens is 388 g/mol. The Morgan fingerprint density at radius 3 is 2.73 bits per heavy atom. The summed E-state index contributed by atoms with van der Waals surface area (Å²) in [5, 5.41) is 14.0. The highest BCUT2D eigenvalue weighted by Crippen LogP contribution is 2.26. The van der Waals surface area contributed by atoms with E-state index in [0.717, 1.165) is 10.1 Å². The van der Waals surface area contributed by atoms with Crippen molar-refractivity contribution in [1.82, 2.24) is 18.7 Å². The summed E-state index contributed by atoms with van der Waals surface area (Å²) in [6.07, 6.45) is 1.53. The van der Waals surface area contributed by atoms with Crippen molar-refractivity contribution in [2.45, 2.75) is 20.4 Å². The summed E-state index contributed by atoms with van der Waals surface area (Å²) in [6, 6.07) is 4.85. The van der Waals surface area contributed by atoms with E-state index in [1.165, 1.54) is 23.9 Å². The fourth-order valence-corrected chi connectivity index (χ4v) is 3.00. The molecule has 0 aliphatic rings. The standard InChI is InChI=1S/C20H24N6O4/c1-6-30-15-9-13(7-8-14(15)27)10-21-23-19-22-17-16(26(19)11-12(2)3)18(28)25(5)20(29)24(17)4/h7-10,27H,2,6,11H2,1,3-5H3,(H,22,23)/b21-10-. The van der Waals surface area contributed by atoms with Crippen LogP contribution in [0.3, 0.4) is 0 Å². The molecule has 0 fully saturated rings. The van der Waals surface area contributed by atoms with Gasteiger partial charge in [-0.05, 0) is 37.6 Å². The zero-order valence-corrected chi connectivity index (χ0v) is 17.3. The zero-order chi connectivity index (χ0) is 22.0. The molecule has 0 saturated heterocycles. The van der Waals surface area contributed by atoms with Gasteiger partial charge in [-0.2, -0.15) is 10.1 Å². The molecule has 0 bridgehead atoms. The van der Waals surface area contributed by atoms with Crippen molar-refractivity contribution < 1.29 is 9.84 Å². The minimum Gasteiger partial charge on any atom is -0.504 e. The molecule has 10 nitrogen and oxygen atoms in total. The van der Waals surface area contributed by atoms with E-state index in [1.54, 1.807) is 23.7 Å².